The number of hydrogen-bond donors (Lipinski definition) is 0. The van der Waals surface area contributed by atoms with Crippen molar-refractivity contribution >= 4 is 11.0 Å². The fourth-order valence-corrected chi connectivity index (χ4v) is 2.44. The van der Waals surface area contributed by atoms with Gasteiger partial charge in [-0.15, -0.1) is 0 Å². The minimum absolute atomic E-state index is 0.0130. The molecule has 1 aromatic heterocycles. The molecule has 0 spiro atoms. The number of fused-ring (bicyclic) bond motifs is 1. The lowest BCUT2D eigenvalue weighted by molar-refractivity contribution is 0.349. The third-order valence-corrected chi connectivity index (χ3v) is 3.94. The van der Waals surface area contributed by atoms with E-state index in [9.17, 15) is 0 Å². The first kappa shape index (κ1) is 14.6. The summed E-state index contributed by atoms with van der Waals surface area (Å²) >= 11 is 0. The highest BCUT2D eigenvalue weighted by Crippen LogP contribution is 2.34. The average Bonchev–Trinajstić information content (AvgIpc) is 2.77. The van der Waals surface area contributed by atoms with Crippen LogP contribution in [0, 0.1) is 11.3 Å². The Hall–Kier alpha value is -1.82. The summed E-state index contributed by atoms with van der Waals surface area (Å²) in [6.07, 6.45) is 1.03. The number of aromatic nitrogens is 2. The maximum absolute atomic E-state index is 9.05. The number of nitriles is 1. The Bertz CT molecular complexity index is 679. The van der Waals surface area contributed by atoms with E-state index in [4.69, 9.17) is 10.2 Å². The highest BCUT2D eigenvalue weighted by Gasteiger charge is 2.30. The second-order valence-electron chi connectivity index (χ2n) is 6.99. The highest BCUT2D eigenvalue weighted by molar-refractivity contribution is 5.78. The second-order valence-corrected chi connectivity index (χ2v) is 6.99. The van der Waals surface area contributed by atoms with Gasteiger partial charge in [0.15, 0.2) is 0 Å². The van der Waals surface area contributed by atoms with E-state index in [0.29, 0.717) is 5.56 Å². The third kappa shape index (κ3) is 2.31. The van der Waals surface area contributed by atoms with E-state index in [1.54, 1.807) is 0 Å². The largest absolute Gasteiger partial charge is 0.322 e. The molecule has 1 heterocycles. The van der Waals surface area contributed by atoms with Gasteiger partial charge in [0.05, 0.1) is 22.7 Å². The van der Waals surface area contributed by atoms with Crippen molar-refractivity contribution in [2.24, 2.45) is 0 Å². The third-order valence-electron chi connectivity index (χ3n) is 3.94. The van der Waals surface area contributed by atoms with Crippen molar-refractivity contribution in [1.29, 1.82) is 5.26 Å². The van der Waals surface area contributed by atoms with Gasteiger partial charge >= 0.3 is 0 Å². The fraction of sp³-hybridized carbons (Fsp3) is 0.529. The predicted molar refractivity (Wildman–Crippen MR) is 82.8 cm³/mol. The minimum Gasteiger partial charge on any atom is -0.322 e. The molecule has 0 N–H and O–H groups in total. The molecule has 0 aliphatic carbocycles. The molecule has 20 heavy (non-hydrogen) atoms. The molecular formula is C17H23N3. The zero-order chi connectivity index (χ0) is 15.1. The summed E-state index contributed by atoms with van der Waals surface area (Å²) in [7, 11) is 0. The van der Waals surface area contributed by atoms with Crippen LogP contribution < -0.4 is 0 Å². The molecule has 3 heteroatoms. The van der Waals surface area contributed by atoms with Crippen LogP contribution >= 0.6 is 0 Å². The zero-order valence-corrected chi connectivity index (χ0v) is 13.3. The molecule has 0 aliphatic heterocycles. The van der Waals surface area contributed by atoms with Crippen LogP contribution in [0.5, 0.6) is 0 Å². The Labute approximate surface area is 121 Å². The standard InChI is InChI=1S/C17H23N3/c1-7-17(5,6)15-19-13-10-12(11-18)8-9-14(13)20(15)16(2,3)4/h8-10H,7H2,1-6H3. The summed E-state index contributed by atoms with van der Waals surface area (Å²) in [5, 5.41) is 9.05. The van der Waals surface area contributed by atoms with E-state index >= 15 is 0 Å². The number of nitrogens with zero attached hydrogens (tertiary/aromatic N) is 3. The van der Waals surface area contributed by atoms with Crippen LogP contribution in [0.2, 0.25) is 0 Å². The smallest absolute Gasteiger partial charge is 0.116 e. The molecule has 2 aromatic rings. The lowest BCUT2D eigenvalue weighted by atomic mass is 9.88. The lowest BCUT2D eigenvalue weighted by Gasteiger charge is -2.31. The van der Waals surface area contributed by atoms with Gasteiger partial charge in [-0.2, -0.15) is 5.26 Å². The van der Waals surface area contributed by atoms with Crippen molar-refractivity contribution in [3.05, 3.63) is 29.6 Å². The monoisotopic (exact) mass is 269 g/mol. The zero-order valence-electron chi connectivity index (χ0n) is 13.3. The van der Waals surface area contributed by atoms with Gasteiger partial charge in [-0.1, -0.05) is 20.8 Å². The van der Waals surface area contributed by atoms with Gasteiger partial charge in [0, 0.05) is 11.0 Å². The first-order valence-corrected chi connectivity index (χ1v) is 7.14. The Morgan fingerprint density at radius 1 is 1.20 bits per heavy atom. The van der Waals surface area contributed by atoms with E-state index in [2.05, 4.69) is 52.2 Å². The lowest BCUT2D eigenvalue weighted by Crippen LogP contribution is -2.30. The SMILES string of the molecule is CCC(C)(C)c1nc2cc(C#N)ccc2n1C(C)(C)C. The summed E-state index contributed by atoms with van der Waals surface area (Å²) in [6.45, 7) is 13.2. The molecule has 1 aromatic carbocycles. The van der Waals surface area contributed by atoms with Crippen LogP contribution in [0.1, 0.15) is 59.4 Å². The number of benzene rings is 1. The molecule has 0 atom stereocenters. The predicted octanol–water partition coefficient (Wildman–Crippen LogP) is 4.35. The van der Waals surface area contributed by atoms with Crippen molar-refractivity contribution in [2.75, 3.05) is 0 Å². The quantitative estimate of drug-likeness (QED) is 0.813. The van der Waals surface area contributed by atoms with Gasteiger partial charge < -0.3 is 4.57 Å². The molecule has 0 saturated carbocycles. The molecular weight excluding hydrogens is 246 g/mol. The van der Waals surface area contributed by atoms with Crippen molar-refractivity contribution < 1.29 is 0 Å². The highest BCUT2D eigenvalue weighted by atomic mass is 15.1. The maximum atomic E-state index is 9.05. The molecule has 0 bridgehead atoms. The van der Waals surface area contributed by atoms with Gasteiger partial charge in [-0.05, 0) is 45.4 Å². The summed E-state index contributed by atoms with van der Waals surface area (Å²) < 4.78 is 2.31. The van der Waals surface area contributed by atoms with Crippen LogP contribution in [0.3, 0.4) is 0 Å². The van der Waals surface area contributed by atoms with E-state index in [1.807, 2.05) is 18.2 Å². The summed E-state index contributed by atoms with van der Waals surface area (Å²) in [5.41, 5.74) is 2.66. The van der Waals surface area contributed by atoms with E-state index in [-0.39, 0.29) is 11.0 Å². The number of hydrogen-bond acceptors (Lipinski definition) is 2. The topological polar surface area (TPSA) is 41.6 Å². The normalized spacial score (nSPS) is 12.7. The molecule has 0 fully saturated rings. The van der Waals surface area contributed by atoms with Crippen molar-refractivity contribution in [3.63, 3.8) is 0 Å². The van der Waals surface area contributed by atoms with Crippen molar-refractivity contribution in [1.82, 2.24) is 9.55 Å². The molecule has 3 nitrogen and oxygen atoms in total. The molecule has 0 aliphatic rings. The molecule has 106 valence electrons. The Balaban J connectivity index is 2.84. The minimum atomic E-state index is -0.0370. The van der Waals surface area contributed by atoms with Crippen LogP contribution in [0.4, 0.5) is 0 Å². The average molecular weight is 269 g/mol. The molecule has 0 saturated heterocycles. The first-order chi connectivity index (χ1) is 9.20. The van der Waals surface area contributed by atoms with Gasteiger partial charge in [-0.3, -0.25) is 0 Å². The molecule has 0 radical (unpaired) electrons. The first-order valence-electron chi connectivity index (χ1n) is 7.14. The molecule has 0 amide bonds. The van der Waals surface area contributed by atoms with E-state index < -0.39 is 0 Å². The summed E-state index contributed by atoms with van der Waals surface area (Å²) in [5.74, 6) is 1.09. The van der Waals surface area contributed by atoms with Crippen LogP contribution in [0.25, 0.3) is 11.0 Å². The van der Waals surface area contributed by atoms with Gasteiger partial charge in [0.25, 0.3) is 0 Å². The van der Waals surface area contributed by atoms with E-state index in [1.165, 1.54) is 0 Å². The number of imidazole rings is 1. The Morgan fingerprint density at radius 3 is 2.35 bits per heavy atom. The van der Waals surface area contributed by atoms with Crippen LogP contribution in [-0.4, -0.2) is 9.55 Å². The Morgan fingerprint density at radius 2 is 1.85 bits per heavy atom. The summed E-state index contributed by atoms with van der Waals surface area (Å²) in [6, 6.07) is 7.96. The van der Waals surface area contributed by atoms with Crippen LogP contribution in [-0.2, 0) is 11.0 Å². The van der Waals surface area contributed by atoms with E-state index in [0.717, 1.165) is 23.3 Å². The van der Waals surface area contributed by atoms with Gasteiger partial charge in [0.1, 0.15) is 5.82 Å². The molecule has 0 unspecified atom stereocenters. The van der Waals surface area contributed by atoms with Crippen molar-refractivity contribution in [3.8, 4) is 6.07 Å². The maximum Gasteiger partial charge on any atom is 0.116 e. The van der Waals surface area contributed by atoms with Crippen molar-refractivity contribution in [2.45, 2.75) is 58.9 Å². The van der Waals surface area contributed by atoms with Gasteiger partial charge in [-0.25, -0.2) is 4.98 Å². The Kier molecular flexibility index (Phi) is 3.37. The second kappa shape index (κ2) is 4.63. The van der Waals surface area contributed by atoms with Gasteiger partial charge in [0.2, 0.25) is 0 Å². The van der Waals surface area contributed by atoms with Crippen LogP contribution in [0.15, 0.2) is 18.2 Å². The summed E-state index contributed by atoms with van der Waals surface area (Å²) in [4.78, 5) is 4.84. The fourth-order valence-electron chi connectivity index (χ4n) is 2.44. The molecule has 2 rings (SSSR count). The number of rotatable bonds is 2.